The highest BCUT2D eigenvalue weighted by Gasteiger charge is 1.99. The van der Waals surface area contributed by atoms with Crippen molar-refractivity contribution in [2.75, 3.05) is 0 Å². The van der Waals surface area contributed by atoms with Gasteiger partial charge in [0.15, 0.2) is 0 Å². The van der Waals surface area contributed by atoms with Crippen molar-refractivity contribution in [2.24, 2.45) is 0 Å². The van der Waals surface area contributed by atoms with E-state index in [2.05, 4.69) is 33.9 Å². The maximum atomic E-state index is 4.28. The van der Waals surface area contributed by atoms with E-state index in [4.69, 9.17) is 0 Å². The lowest BCUT2D eigenvalue weighted by Crippen LogP contribution is -1.86. The fraction of sp³-hybridized carbons (Fsp3) is 0.0909. The number of hydrogen-bond acceptors (Lipinski definition) is 1. The molecule has 0 bridgehead atoms. The fourth-order valence-electron chi connectivity index (χ4n) is 1.39. The molecule has 1 heterocycles. The zero-order chi connectivity index (χ0) is 9.26. The molecule has 0 N–H and O–H groups in total. The van der Waals surface area contributed by atoms with Gasteiger partial charge in [0.05, 0.1) is 5.52 Å². The first kappa shape index (κ1) is 8.70. The molecule has 0 aliphatic heterocycles. The van der Waals surface area contributed by atoms with Crippen LogP contribution in [0.1, 0.15) is 5.56 Å². The third-order valence-electron chi connectivity index (χ3n) is 2.06. The SMILES string of the molecule is [CH2]Cc1ccnc2ccc(Br)cc12. The van der Waals surface area contributed by atoms with Gasteiger partial charge in [-0.25, -0.2) is 0 Å². The van der Waals surface area contributed by atoms with Crippen molar-refractivity contribution < 1.29 is 0 Å². The summed E-state index contributed by atoms with van der Waals surface area (Å²) in [4.78, 5) is 4.28. The maximum absolute atomic E-state index is 4.28. The van der Waals surface area contributed by atoms with Crippen molar-refractivity contribution in [1.82, 2.24) is 4.98 Å². The van der Waals surface area contributed by atoms with E-state index < -0.39 is 0 Å². The Labute approximate surface area is 85.9 Å². The van der Waals surface area contributed by atoms with E-state index in [1.54, 1.807) is 0 Å². The first-order chi connectivity index (χ1) is 6.31. The van der Waals surface area contributed by atoms with Crippen LogP contribution < -0.4 is 0 Å². The van der Waals surface area contributed by atoms with Crippen LogP contribution in [0.2, 0.25) is 0 Å². The van der Waals surface area contributed by atoms with Crippen molar-refractivity contribution >= 4 is 26.8 Å². The van der Waals surface area contributed by atoms with Gasteiger partial charge in [0.1, 0.15) is 0 Å². The summed E-state index contributed by atoms with van der Waals surface area (Å²) in [6.07, 6.45) is 2.63. The highest BCUT2D eigenvalue weighted by Crippen LogP contribution is 2.21. The molecule has 2 aromatic rings. The van der Waals surface area contributed by atoms with Crippen molar-refractivity contribution in [2.45, 2.75) is 6.42 Å². The van der Waals surface area contributed by atoms with Crippen molar-refractivity contribution in [3.8, 4) is 0 Å². The number of rotatable bonds is 1. The van der Waals surface area contributed by atoms with Crippen LogP contribution >= 0.6 is 15.9 Å². The average molecular weight is 235 g/mol. The Kier molecular flexibility index (Phi) is 2.32. The summed E-state index contributed by atoms with van der Waals surface area (Å²) in [6.45, 7) is 3.89. The topological polar surface area (TPSA) is 12.9 Å². The molecule has 13 heavy (non-hydrogen) atoms. The van der Waals surface area contributed by atoms with E-state index >= 15 is 0 Å². The number of nitrogens with zero attached hydrogens (tertiary/aromatic N) is 1. The normalized spacial score (nSPS) is 10.6. The Morgan fingerprint density at radius 1 is 1.31 bits per heavy atom. The first-order valence-corrected chi connectivity index (χ1v) is 4.93. The summed E-state index contributed by atoms with van der Waals surface area (Å²) < 4.78 is 1.09. The second kappa shape index (κ2) is 3.46. The average Bonchev–Trinajstić information content (AvgIpc) is 2.17. The van der Waals surface area contributed by atoms with Gasteiger partial charge >= 0.3 is 0 Å². The van der Waals surface area contributed by atoms with Crippen LogP contribution in [0.3, 0.4) is 0 Å². The Morgan fingerprint density at radius 2 is 2.15 bits per heavy atom. The summed E-state index contributed by atoms with van der Waals surface area (Å²) in [7, 11) is 0. The van der Waals surface area contributed by atoms with Crippen LogP contribution in [0.4, 0.5) is 0 Å². The molecular weight excluding hydrogens is 226 g/mol. The van der Waals surface area contributed by atoms with E-state index in [9.17, 15) is 0 Å². The van der Waals surface area contributed by atoms with Crippen LogP contribution in [0.25, 0.3) is 10.9 Å². The predicted octanol–water partition coefficient (Wildman–Crippen LogP) is 3.37. The third kappa shape index (κ3) is 1.59. The lowest BCUT2D eigenvalue weighted by Gasteiger charge is -2.02. The smallest absolute Gasteiger partial charge is 0.0705 e. The van der Waals surface area contributed by atoms with E-state index in [-0.39, 0.29) is 0 Å². The van der Waals surface area contributed by atoms with Crippen LogP contribution in [0.5, 0.6) is 0 Å². The van der Waals surface area contributed by atoms with E-state index in [1.807, 2.05) is 24.4 Å². The standard InChI is InChI=1S/C11H9BrN/c1-2-8-5-6-13-11-4-3-9(12)7-10(8)11/h3-7H,1-2H2. The van der Waals surface area contributed by atoms with E-state index in [0.717, 1.165) is 16.4 Å². The second-order valence-corrected chi connectivity index (χ2v) is 3.80. The molecule has 65 valence electrons. The lowest BCUT2D eigenvalue weighted by atomic mass is 10.1. The number of hydrogen-bond donors (Lipinski definition) is 0. The highest BCUT2D eigenvalue weighted by molar-refractivity contribution is 9.10. The third-order valence-corrected chi connectivity index (χ3v) is 2.56. The Morgan fingerprint density at radius 3 is 2.92 bits per heavy atom. The van der Waals surface area contributed by atoms with Crippen LogP contribution in [-0.2, 0) is 6.42 Å². The molecule has 0 spiro atoms. The van der Waals surface area contributed by atoms with Gasteiger partial charge in [-0.1, -0.05) is 15.9 Å². The molecule has 2 heteroatoms. The minimum atomic E-state index is 0.801. The molecule has 1 nitrogen and oxygen atoms in total. The first-order valence-electron chi connectivity index (χ1n) is 4.13. The quantitative estimate of drug-likeness (QED) is 0.738. The number of benzene rings is 1. The lowest BCUT2D eigenvalue weighted by molar-refractivity contribution is 1.26. The molecule has 1 aromatic carbocycles. The molecule has 2 rings (SSSR count). The van der Waals surface area contributed by atoms with Crippen LogP contribution in [0.15, 0.2) is 34.9 Å². The molecule has 0 aliphatic carbocycles. The van der Waals surface area contributed by atoms with Gasteiger partial charge in [-0.05, 0) is 43.2 Å². The molecular formula is C11H9BrN. The molecule has 0 atom stereocenters. The molecule has 0 fully saturated rings. The second-order valence-electron chi connectivity index (χ2n) is 2.88. The van der Waals surface area contributed by atoms with Gasteiger partial charge in [-0.15, -0.1) is 0 Å². The van der Waals surface area contributed by atoms with Crippen molar-refractivity contribution in [1.29, 1.82) is 0 Å². The number of aromatic nitrogens is 1. The number of halogens is 1. The molecule has 0 amide bonds. The Balaban J connectivity index is 2.79. The van der Waals surface area contributed by atoms with Crippen molar-refractivity contribution in [3.63, 3.8) is 0 Å². The van der Waals surface area contributed by atoms with Gasteiger partial charge in [-0.2, -0.15) is 0 Å². The summed E-state index contributed by atoms with van der Waals surface area (Å²) in [6, 6.07) is 8.12. The van der Waals surface area contributed by atoms with E-state index in [1.165, 1.54) is 10.9 Å². The minimum absolute atomic E-state index is 0.801. The van der Waals surface area contributed by atoms with Gasteiger partial charge in [0.25, 0.3) is 0 Å². The van der Waals surface area contributed by atoms with Gasteiger partial charge in [-0.3, -0.25) is 4.98 Å². The zero-order valence-corrected chi connectivity index (χ0v) is 8.71. The van der Waals surface area contributed by atoms with Gasteiger partial charge in [0.2, 0.25) is 0 Å². The van der Waals surface area contributed by atoms with Gasteiger partial charge < -0.3 is 0 Å². The molecule has 1 radical (unpaired) electrons. The predicted molar refractivity (Wildman–Crippen MR) is 58.5 cm³/mol. The molecule has 0 aliphatic rings. The molecule has 1 aromatic heterocycles. The maximum Gasteiger partial charge on any atom is 0.0705 e. The van der Waals surface area contributed by atoms with Gasteiger partial charge in [0, 0.05) is 16.1 Å². The zero-order valence-electron chi connectivity index (χ0n) is 7.13. The monoisotopic (exact) mass is 234 g/mol. The largest absolute Gasteiger partial charge is 0.256 e. The summed E-state index contributed by atoms with van der Waals surface area (Å²) in [5.41, 5.74) is 2.27. The summed E-state index contributed by atoms with van der Waals surface area (Å²) in [5, 5.41) is 1.19. The number of pyridine rings is 1. The summed E-state index contributed by atoms with van der Waals surface area (Å²) in [5.74, 6) is 0. The molecule has 0 unspecified atom stereocenters. The molecule has 0 saturated carbocycles. The summed E-state index contributed by atoms with van der Waals surface area (Å²) >= 11 is 3.45. The highest BCUT2D eigenvalue weighted by atomic mass is 79.9. The molecule has 0 saturated heterocycles. The van der Waals surface area contributed by atoms with Crippen molar-refractivity contribution in [3.05, 3.63) is 47.4 Å². The minimum Gasteiger partial charge on any atom is -0.256 e. The number of fused-ring (bicyclic) bond motifs is 1. The van der Waals surface area contributed by atoms with Crippen LogP contribution in [0, 0.1) is 6.92 Å². The Bertz CT molecular complexity index is 437. The Hall–Kier alpha value is -0.890. The fourth-order valence-corrected chi connectivity index (χ4v) is 1.75. The van der Waals surface area contributed by atoms with Crippen LogP contribution in [-0.4, -0.2) is 4.98 Å². The van der Waals surface area contributed by atoms with E-state index in [0.29, 0.717) is 0 Å².